The summed E-state index contributed by atoms with van der Waals surface area (Å²) >= 11 is 0. The summed E-state index contributed by atoms with van der Waals surface area (Å²) < 4.78 is 6.83. The van der Waals surface area contributed by atoms with E-state index in [9.17, 15) is 4.79 Å². The van der Waals surface area contributed by atoms with Gasteiger partial charge in [0.15, 0.2) is 5.82 Å². The van der Waals surface area contributed by atoms with Gasteiger partial charge in [-0.1, -0.05) is 12.1 Å². The van der Waals surface area contributed by atoms with Crippen LogP contribution in [0.3, 0.4) is 0 Å². The molecular formula is C20H19N7O2. The Morgan fingerprint density at radius 2 is 2.03 bits per heavy atom. The number of methoxy groups -OCH3 is 1. The Morgan fingerprint density at radius 1 is 1.17 bits per heavy atom. The van der Waals surface area contributed by atoms with Gasteiger partial charge in [-0.05, 0) is 31.2 Å². The smallest absolute Gasteiger partial charge is 0.254 e. The van der Waals surface area contributed by atoms with E-state index in [4.69, 9.17) is 4.74 Å². The number of carbonyl (C=O) groups excluding carboxylic acids is 1. The number of para-hydroxylation sites is 2. The summed E-state index contributed by atoms with van der Waals surface area (Å²) in [7, 11) is 1.56. The zero-order chi connectivity index (χ0) is 20.2. The number of anilines is 2. The standard InChI is InChI=1S/C20H19N7O2/c1-13-10-17(22-12-18(28)24-15-7-3-4-8-16(15)29-2)27-20(23-13)25-19(26-27)14-6-5-9-21-11-14/h3-11,22H,12H2,1-2H3,(H,24,28). The largest absolute Gasteiger partial charge is 0.495 e. The molecule has 0 fully saturated rings. The van der Waals surface area contributed by atoms with Crippen LogP contribution in [-0.2, 0) is 4.79 Å². The number of hydrogen-bond acceptors (Lipinski definition) is 7. The first kappa shape index (κ1) is 18.4. The molecule has 3 aromatic heterocycles. The van der Waals surface area contributed by atoms with Crippen LogP contribution < -0.4 is 15.4 Å². The number of ether oxygens (including phenoxy) is 1. The van der Waals surface area contributed by atoms with E-state index in [1.54, 1.807) is 36.2 Å². The molecule has 2 N–H and O–H groups in total. The fraction of sp³-hybridized carbons (Fsp3) is 0.150. The minimum absolute atomic E-state index is 0.0404. The number of carbonyl (C=O) groups is 1. The highest BCUT2D eigenvalue weighted by Gasteiger charge is 2.13. The maximum Gasteiger partial charge on any atom is 0.254 e. The van der Waals surface area contributed by atoms with Crippen molar-refractivity contribution < 1.29 is 9.53 Å². The van der Waals surface area contributed by atoms with Gasteiger partial charge in [-0.2, -0.15) is 9.50 Å². The average molecular weight is 389 g/mol. The molecule has 0 spiro atoms. The Morgan fingerprint density at radius 3 is 2.83 bits per heavy atom. The van der Waals surface area contributed by atoms with E-state index in [-0.39, 0.29) is 12.5 Å². The number of aromatic nitrogens is 5. The van der Waals surface area contributed by atoms with Gasteiger partial charge in [-0.15, -0.1) is 5.10 Å². The van der Waals surface area contributed by atoms with Crippen molar-refractivity contribution >= 4 is 23.2 Å². The number of aryl methyl sites for hydroxylation is 1. The van der Waals surface area contributed by atoms with E-state index in [1.807, 2.05) is 37.3 Å². The van der Waals surface area contributed by atoms with E-state index < -0.39 is 0 Å². The van der Waals surface area contributed by atoms with Gasteiger partial charge in [-0.25, -0.2) is 4.98 Å². The topological polar surface area (TPSA) is 106 Å². The Hall–Kier alpha value is -4.01. The molecule has 0 aliphatic rings. The number of rotatable bonds is 6. The molecule has 146 valence electrons. The van der Waals surface area contributed by atoms with Crippen molar-refractivity contribution in [2.45, 2.75) is 6.92 Å². The van der Waals surface area contributed by atoms with Crippen molar-refractivity contribution in [3.05, 3.63) is 60.6 Å². The predicted molar refractivity (Wildman–Crippen MR) is 109 cm³/mol. The number of nitrogens with one attached hydrogen (secondary N) is 2. The highest BCUT2D eigenvalue weighted by molar-refractivity contribution is 5.95. The average Bonchev–Trinajstić information content (AvgIpc) is 3.17. The third-order valence-electron chi connectivity index (χ3n) is 4.17. The quantitative estimate of drug-likeness (QED) is 0.522. The number of nitrogens with zero attached hydrogens (tertiary/aromatic N) is 5. The van der Waals surface area contributed by atoms with Crippen LogP contribution >= 0.6 is 0 Å². The van der Waals surface area contributed by atoms with E-state index in [0.717, 1.165) is 11.3 Å². The monoisotopic (exact) mass is 389 g/mol. The molecule has 0 bridgehead atoms. The Balaban J connectivity index is 1.54. The summed E-state index contributed by atoms with van der Waals surface area (Å²) in [5, 5.41) is 10.4. The van der Waals surface area contributed by atoms with Gasteiger partial charge in [0, 0.05) is 29.7 Å². The normalized spacial score (nSPS) is 10.7. The van der Waals surface area contributed by atoms with Crippen molar-refractivity contribution in [3.8, 4) is 17.1 Å². The molecular weight excluding hydrogens is 370 g/mol. The summed E-state index contributed by atoms with van der Waals surface area (Å²) in [6, 6.07) is 12.7. The van der Waals surface area contributed by atoms with Gasteiger partial charge in [0.2, 0.25) is 5.91 Å². The lowest BCUT2D eigenvalue weighted by Gasteiger charge is -2.11. The van der Waals surface area contributed by atoms with Crippen LogP contribution in [0.4, 0.5) is 11.5 Å². The summed E-state index contributed by atoms with van der Waals surface area (Å²) in [6.07, 6.45) is 3.38. The third kappa shape index (κ3) is 3.98. The first-order valence-electron chi connectivity index (χ1n) is 8.95. The molecule has 9 nitrogen and oxygen atoms in total. The second-order valence-electron chi connectivity index (χ2n) is 6.27. The van der Waals surface area contributed by atoms with Crippen molar-refractivity contribution in [3.63, 3.8) is 0 Å². The summed E-state index contributed by atoms with van der Waals surface area (Å²) in [5.74, 6) is 1.95. The summed E-state index contributed by atoms with van der Waals surface area (Å²) in [4.78, 5) is 25.4. The maximum atomic E-state index is 12.4. The van der Waals surface area contributed by atoms with Gasteiger partial charge in [0.25, 0.3) is 5.78 Å². The molecule has 0 aliphatic carbocycles. The second kappa shape index (κ2) is 7.93. The van der Waals surface area contributed by atoms with Gasteiger partial charge < -0.3 is 15.4 Å². The van der Waals surface area contributed by atoms with Crippen LogP contribution in [0, 0.1) is 6.92 Å². The molecule has 4 aromatic rings. The number of fused-ring (bicyclic) bond motifs is 1. The number of amides is 1. The molecule has 0 radical (unpaired) electrons. The van der Waals surface area contributed by atoms with Gasteiger partial charge in [0.05, 0.1) is 19.3 Å². The van der Waals surface area contributed by atoms with E-state index in [2.05, 4.69) is 30.7 Å². The first-order chi connectivity index (χ1) is 14.1. The molecule has 1 amide bonds. The maximum absolute atomic E-state index is 12.4. The fourth-order valence-corrected chi connectivity index (χ4v) is 2.84. The Kier molecular flexibility index (Phi) is 5.02. The van der Waals surface area contributed by atoms with Crippen molar-refractivity contribution in [2.75, 3.05) is 24.3 Å². The summed E-state index contributed by atoms with van der Waals surface area (Å²) in [5.41, 5.74) is 2.16. The lowest BCUT2D eigenvalue weighted by atomic mass is 10.3. The fourth-order valence-electron chi connectivity index (χ4n) is 2.84. The van der Waals surface area contributed by atoms with E-state index in [1.165, 1.54) is 0 Å². The van der Waals surface area contributed by atoms with Crippen LogP contribution in [0.2, 0.25) is 0 Å². The highest BCUT2D eigenvalue weighted by Crippen LogP contribution is 2.23. The molecule has 9 heteroatoms. The molecule has 0 saturated carbocycles. The lowest BCUT2D eigenvalue weighted by molar-refractivity contribution is -0.114. The van der Waals surface area contributed by atoms with Crippen LogP contribution in [0.25, 0.3) is 17.2 Å². The molecule has 3 heterocycles. The van der Waals surface area contributed by atoms with Crippen molar-refractivity contribution in [1.29, 1.82) is 0 Å². The molecule has 0 aliphatic heterocycles. The first-order valence-corrected chi connectivity index (χ1v) is 8.95. The van der Waals surface area contributed by atoms with Crippen LogP contribution in [0.5, 0.6) is 5.75 Å². The Bertz CT molecular complexity index is 1160. The number of hydrogen-bond donors (Lipinski definition) is 2. The van der Waals surface area contributed by atoms with Gasteiger partial charge in [-0.3, -0.25) is 9.78 Å². The van der Waals surface area contributed by atoms with Crippen LogP contribution in [0.1, 0.15) is 5.69 Å². The van der Waals surface area contributed by atoms with Gasteiger partial charge in [0.1, 0.15) is 11.6 Å². The summed E-state index contributed by atoms with van der Waals surface area (Å²) in [6.45, 7) is 1.90. The molecule has 0 unspecified atom stereocenters. The van der Waals surface area contributed by atoms with E-state index in [0.29, 0.717) is 28.9 Å². The van der Waals surface area contributed by atoms with Crippen LogP contribution in [-0.4, -0.2) is 44.1 Å². The Labute approximate surface area is 166 Å². The molecule has 0 saturated heterocycles. The predicted octanol–water partition coefficient (Wildman–Crippen LogP) is 2.55. The minimum Gasteiger partial charge on any atom is -0.495 e. The van der Waals surface area contributed by atoms with Crippen LogP contribution in [0.15, 0.2) is 54.9 Å². The SMILES string of the molecule is COc1ccccc1NC(=O)CNc1cc(C)nc2nc(-c3cccnc3)nn12. The minimum atomic E-state index is -0.218. The van der Waals surface area contributed by atoms with Crippen molar-refractivity contribution in [2.24, 2.45) is 0 Å². The lowest BCUT2D eigenvalue weighted by Crippen LogP contribution is -2.23. The molecule has 1 aromatic carbocycles. The molecule has 4 rings (SSSR count). The number of benzene rings is 1. The third-order valence-corrected chi connectivity index (χ3v) is 4.17. The second-order valence-corrected chi connectivity index (χ2v) is 6.27. The van der Waals surface area contributed by atoms with E-state index >= 15 is 0 Å². The zero-order valence-corrected chi connectivity index (χ0v) is 16.0. The molecule has 29 heavy (non-hydrogen) atoms. The van der Waals surface area contributed by atoms with Gasteiger partial charge >= 0.3 is 0 Å². The highest BCUT2D eigenvalue weighted by atomic mass is 16.5. The zero-order valence-electron chi connectivity index (χ0n) is 16.0. The van der Waals surface area contributed by atoms with Crippen molar-refractivity contribution in [1.82, 2.24) is 24.6 Å². The number of pyridine rings is 1. The molecule has 0 atom stereocenters.